The molecule has 7 nitrogen and oxygen atoms in total. The van der Waals surface area contributed by atoms with Crippen LogP contribution in [0.5, 0.6) is 0 Å². The van der Waals surface area contributed by atoms with Gasteiger partial charge in [-0.05, 0) is 28.7 Å². The molecule has 1 amide bonds. The first-order valence-electron chi connectivity index (χ1n) is 9.71. The monoisotopic (exact) mass is 443 g/mol. The average Bonchev–Trinajstić information content (AvgIpc) is 3.36. The molecule has 1 saturated heterocycles. The second kappa shape index (κ2) is 7.42. The molecule has 3 N–H and O–H groups in total. The molecule has 2 aliphatic heterocycles. The second-order valence-electron chi connectivity index (χ2n) is 7.44. The number of morpholine rings is 1. The van der Waals surface area contributed by atoms with Gasteiger partial charge in [0.05, 0.1) is 13.2 Å². The van der Waals surface area contributed by atoms with Gasteiger partial charge in [0.2, 0.25) is 10.0 Å². The number of rotatable bonds is 4. The van der Waals surface area contributed by atoms with Crippen molar-refractivity contribution in [3.63, 3.8) is 0 Å². The van der Waals surface area contributed by atoms with E-state index in [1.165, 1.54) is 4.31 Å². The number of ether oxygens (including phenoxy) is 1. The van der Waals surface area contributed by atoms with Crippen molar-refractivity contribution in [2.24, 2.45) is 11.7 Å². The van der Waals surface area contributed by atoms with Crippen LogP contribution in [0.1, 0.15) is 16.1 Å². The minimum Gasteiger partial charge on any atom is -0.379 e. The Morgan fingerprint density at radius 1 is 1.20 bits per heavy atom. The summed E-state index contributed by atoms with van der Waals surface area (Å²) < 4.78 is 33.5. The predicted octanol–water partition coefficient (Wildman–Crippen LogP) is 2.49. The van der Waals surface area contributed by atoms with Crippen LogP contribution in [0.25, 0.3) is 16.5 Å². The van der Waals surface area contributed by atoms with Crippen LogP contribution in [0.3, 0.4) is 0 Å². The summed E-state index contributed by atoms with van der Waals surface area (Å²) in [4.78, 5) is 15.0. The zero-order valence-corrected chi connectivity index (χ0v) is 17.7. The van der Waals surface area contributed by atoms with Crippen molar-refractivity contribution >= 4 is 44.2 Å². The van der Waals surface area contributed by atoms with Gasteiger partial charge >= 0.3 is 0 Å². The molecule has 0 spiro atoms. The Balaban J connectivity index is 1.65. The maximum absolute atomic E-state index is 13.5. The predicted molar refractivity (Wildman–Crippen MR) is 118 cm³/mol. The van der Waals surface area contributed by atoms with E-state index in [2.05, 4.69) is 22.5 Å². The fourth-order valence-electron chi connectivity index (χ4n) is 4.19. The fourth-order valence-corrected chi connectivity index (χ4v) is 7.12. The van der Waals surface area contributed by atoms with E-state index in [0.29, 0.717) is 29.4 Å². The number of fused-ring (bicyclic) bond motifs is 2. The highest BCUT2D eigenvalue weighted by atomic mass is 32.2. The molecule has 0 radical (unpaired) electrons. The molecule has 3 heterocycles. The third kappa shape index (κ3) is 3.13. The molecule has 2 unspecified atom stereocenters. The van der Waals surface area contributed by atoms with Gasteiger partial charge in [-0.15, -0.1) is 11.8 Å². The van der Waals surface area contributed by atoms with E-state index in [4.69, 9.17) is 10.5 Å². The molecule has 9 heteroatoms. The van der Waals surface area contributed by atoms with Gasteiger partial charge in [-0.1, -0.05) is 30.4 Å². The lowest BCUT2D eigenvalue weighted by atomic mass is 9.88. The number of H-pyrrole nitrogens is 1. The molecule has 1 fully saturated rings. The molecule has 2 atom stereocenters. The van der Waals surface area contributed by atoms with Crippen LogP contribution in [0, 0.1) is 5.92 Å². The van der Waals surface area contributed by atoms with Gasteiger partial charge in [-0.3, -0.25) is 4.79 Å². The van der Waals surface area contributed by atoms with Crippen molar-refractivity contribution in [1.29, 1.82) is 0 Å². The zero-order valence-electron chi connectivity index (χ0n) is 16.1. The van der Waals surface area contributed by atoms with Crippen molar-refractivity contribution in [2.75, 3.05) is 26.3 Å². The zero-order chi connectivity index (χ0) is 20.9. The van der Waals surface area contributed by atoms with E-state index in [-0.39, 0.29) is 29.6 Å². The molecule has 0 bridgehead atoms. The van der Waals surface area contributed by atoms with Gasteiger partial charge in [0, 0.05) is 35.2 Å². The first-order valence-corrected chi connectivity index (χ1v) is 12.1. The smallest absolute Gasteiger partial charge is 0.266 e. The largest absolute Gasteiger partial charge is 0.379 e. The third-order valence-corrected chi connectivity index (χ3v) is 8.83. The first-order chi connectivity index (χ1) is 14.5. The van der Waals surface area contributed by atoms with Gasteiger partial charge in [0.25, 0.3) is 5.91 Å². The summed E-state index contributed by atoms with van der Waals surface area (Å²) in [5, 5.41) is 2.97. The van der Waals surface area contributed by atoms with Crippen molar-refractivity contribution < 1.29 is 17.9 Å². The second-order valence-corrected chi connectivity index (χ2v) is 10.4. The minimum atomic E-state index is -3.91. The molecule has 3 aliphatic rings. The lowest BCUT2D eigenvalue weighted by Crippen LogP contribution is -2.41. The van der Waals surface area contributed by atoms with Gasteiger partial charge in [-0.2, -0.15) is 4.31 Å². The van der Waals surface area contributed by atoms with Crippen molar-refractivity contribution in [2.45, 2.75) is 10.1 Å². The first kappa shape index (κ1) is 19.6. The number of allylic oxidation sites excluding steroid dienone is 4. The van der Waals surface area contributed by atoms with E-state index in [1.807, 2.05) is 30.4 Å². The molecule has 2 aromatic rings. The number of aromatic nitrogens is 1. The van der Waals surface area contributed by atoms with Crippen LogP contribution in [0.4, 0.5) is 0 Å². The third-order valence-electron chi connectivity index (χ3n) is 5.69. The van der Waals surface area contributed by atoms with E-state index < -0.39 is 15.9 Å². The van der Waals surface area contributed by atoms with Crippen molar-refractivity contribution in [1.82, 2.24) is 9.29 Å². The van der Waals surface area contributed by atoms with Gasteiger partial charge < -0.3 is 15.5 Å². The number of hydrogen-bond donors (Lipinski definition) is 2. The number of benzene rings is 1. The standard InChI is InChI=1S/C21H21N3O4S2/c22-21(25)19-20(30(26,27)24-7-9-28-10-8-24)15-11-13(5-6-17(15)23-19)16-12-29-18-4-2-1-3-14(16)18/h1-6,11-12,14,18,23H,7-10H2,(H2,22,25). The molecule has 1 aromatic heterocycles. The number of carbonyl (C=O) groups is 1. The molecular formula is C21H21N3O4S2. The van der Waals surface area contributed by atoms with E-state index in [0.717, 1.165) is 11.1 Å². The molecule has 1 aliphatic carbocycles. The topological polar surface area (TPSA) is 105 Å². The highest BCUT2D eigenvalue weighted by molar-refractivity contribution is 8.03. The van der Waals surface area contributed by atoms with E-state index in [1.54, 1.807) is 11.8 Å². The van der Waals surface area contributed by atoms with Crippen LogP contribution in [0.2, 0.25) is 0 Å². The number of amides is 1. The molecule has 5 rings (SSSR count). The lowest BCUT2D eigenvalue weighted by Gasteiger charge is -2.26. The average molecular weight is 444 g/mol. The summed E-state index contributed by atoms with van der Waals surface area (Å²) in [6.45, 7) is 1.14. The minimum absolute atomic E-state index is 0.0457. The number of nitrogens with two attached hydrogens (primary N) is 1. The SMILES string of the molecule is NC(=O)c1[nH]c2ccc(C3=CSC4C=CC=CC34)cc2c1S(=O)(=O)N1CCOCC1. The van der Waals surface area contributed by atoms with Crippen molar-refractivity contribution in [3.05, 3.63) is 59.2 Å². The molecular weight excluding hydrogens is 422 g/mol. The van der Waals surface area contributed by atoms with E-state index in [9.17, 15) is 13.2 Å². The number of primary amides is 1. The summed E-state index contributed by atoms with van der Waals surface area (Å²) >= 11 is 1.75. The number of nitrogens with one attached hydrogen (secondary N) is 1. The number of aromatic amines is 1. The normalized spacial score (nSPS) is 24.2. The molecule has 0 saturated carbocycles. The summed E-state index contributed by atoms with van der Waals surface area (Å²) in [7, 11) is -3.91. The van der Waals surface area contributed by atoms with Crippen LogP contribution in [-0.4, -0.2) is 55.2 Å². The Hall–Kier alpha value is -2.33. The summed E-state index contributed by atoms with van der Waals surface area (Å²) in [6, 6.07) is 5.62. The Kier molecular flexibility index (Phi) is 4.85. The summed E-state index contributed by atoms with van der Waals surface area (Å²) in [5.74, 6) is -0.554. The Morgan fingerprint density at radius 2 is 1.97 bits per heavy atom. The Labute approximate surface area is 178 Å². The molecule has 156 valence electrons. The van der Waals surface area contributed by atoms with E-state index >= 15 is 0 Å². The Morgan fingerprint density at radius 3 is 2.73 bits per heavy atom. The van der Waals surface area contributed by atoms with Gasteiger partial charge in [0.1, 0.15) is 10.6 Å². The Bertz CT molecular complexity index is 1220. The fraction of sp³-hybridized carbons (Fsp3) is 0.286. The van der Waals surface area contributed by atoms with Crippen molar-refractivity contribution in [3.8, 4) is 0 Å². The quantitative estimate of drug-likeness (QED) is 0.755. The molecule has 1 aromatic carbocycles. The highest BCUT2D eigenvalue weighted by Gasteiger charge is 2.34. The highest BCUT2D eigenvalue weighted by Crippen LogP contribution is 2.45. The van der Waals surface area contributed by atoms with Crippen LogP contribution < -0.4 is 5.73 Å². The maximum atomic E-state index is 13.5. The number of sulfonamides is 1. The maximum Gasteiger partial charge on any atom is 0.266 e. The van der Waals surface area contributed by atoms with Crippen LogP contribution in [-0.2, 0) is 14.8 Å². The number of thioether (sulfide) groups is 1. The van der Waals surface area contributed by atoms with Gasteiger partial charge in [0.15, 0.2) is 0 Å². The lowest BCUT2D eigenvalue weighted by molar-refractivity contribution is 0.0730. The number of nitrogens with zero attached hydrogens (tertiary/aromatic N) is 1. The van der Waals surface area contributed by atoms with Crippen LogP contribution in [0.15, 0.2) is 52.8 Å². The number of hydrogen-bond acceptors (Lipinski definition) is 5. The number of carbonyl (C=O) groups excluding carboxylic acids is 1. The summed E-state index contributed by atoms with van der Waals surface area (Å²) in [5.41, 5.74) is 8.12. The van der Waals surface area contributed by atoms with Crippen LogP contribution >= 0.6 is 11.8 Å². The van der Waals surface area contributed by atoms with Gasteiger partial charge in [-0.25, -0.2) is 8.42 Å². The summed E-state index contributed by atoms with van der Waals surface area (Å²) in [6.07, 6.45) is 8.42. The molecule has 30 heavy (non-hydrogen) atoms.